The molecule has 1 saturated heterocycles. The van der Waals surface area contributed by atoms with Gasteiger partial charge in [0.15, 0.2) is 0 Å². The van der Waals surface area contributed by atoms with Crippen molar-refractivity contribution in [2.24, 2.45) is 0 Å². The lowest BCUT2D eigenvalue weighted by atomic mass is 10.1. The standard InChI is InChI=1S/C8H15NO3/c10-5-6-3-1-2-4-7(9-6)8(11)12/h6-7,9-10H,1-5H2,(H,11,12)/t6?,7-/m0/s1. The van der Waals surface area contributed by atoms with Crippen molar-refractivity contribution in [2.75, 3.05) is 6.61 Å². The molecule has 0 aromatic carbocycles. The predicted molar refractivity (Wildman–Crippen MR) is 43.9 cm³/mol. The zero-order valence-electron chi connectivity index (χ0n) is 6.99. The molecule has 1 heterocycles. The molecular weight excluding hydrogens is 158 g/mol. The molecular formula is C8H15NO3. The van der Waals surface area contributed by atoms with E-state index in [1.54, 1.807) is 0 Å². The van der Waals surface area contributed by atoms with Crippen LogP contribution >= 0.6 is 0 Å². The Labute approximate surface area is 71.6 Å². The van der Waals surface area contributed by atoms with Crippen LogP contribution in [-0.2, 0) is 4.79 Å². The largest absolute Gasteiger partial charge is 0.480 e. The third kappa shape index (κ3) is 2.46. The van der Waals surface area contributed by atoms with Crippen LogP contribution in [0, 0.1) is 0 Å². The zero-order chi connectivity index (χ0) is 8.97. The van der Waals surface area contributed by atoms with E-state index in [4.69, 9.17) is 10.2 Å². The van der Waals surface area contributed by atoms with E-state index in [1.165, 1.54) is 0 Å². The van der Waals surface area contributed by atoms with Crippen LogP contribution in [0.25, 0.3) is 0 Å². The van der Waals surface area contributed by atoms with Gasteiger partial charge in [-0.1, -0.05) is 12.8 Å². The number of aliphatic hydroxyl groups is 1. The summed E-state index contributed by atoms with van der Waals surface area (Å²) in [6, 6.07) is -0.502. The lowest BCUT2D eigenvalue weighted by Gasteiger charge is -2.16. The number of aliphatic hydroxyl groups excluding tert-OH is 1. The maximum absolute atomic E-state index is 10.6. The Hall–Kier alpha value is -0.610. The molecule has 1 aliphatic rings. The van der Waals surface area contributed by atoms with E-state index in [0.29, 0.717) is 6.42 Å². The summed E-state index contributed by atoms with van der Waals surface area (Å²) in [5.74, 6) is -0.810. The SMILES string of the molecule is O=C(O)[C@@H]1CCCCC(CO)N1. The van der Waals surface area contributed by atoms with Gasteiger partial charge in [0.05, 0.1) is 6.61 Å². The highest BCUT2D eigenvalue weighted by molar-refractivity contribution is 5.73. The van der Waals surface area contributed by atoms with E-state index in [0.717, 1.165) is 19.3 Å². The minimum Gasteiger partial charge on any atom is -0.480 e. The third-order valence-corrected chi connectivity index (χ3v) is 2.25. The molecule has 0 amide bonds. The molecule has 4 heteroatoms. The monoisotopic (exact) mass is 173 g/mol. The lowest BCUT2D eigenvalue weighted by Crippen LogP contribution is -2.43. The Morgan fingerprint density at radius 3 is 2.67 bits per heavy atom. The molecule has 0 aliphatic carbocycles. The van der Waals surface area contributed by atoms with Crippen molar-refractivity contribution in [3.05, 3.63) is 0 Å². The minimum absolute atomic E-state index is 0.0315. The Bertz CT molecular complexity index is 160. The number of carboxylic acid groups (broad SMARTS) is 1. The number of nitrogens with one attached hydrogen (secondary N) is 1. The van der Waals surface area contributed by atoms with Gasteiger partial charge in [0, 0.05) is 6.04 Å². The fraction of sp³-hybridized carbons (Fsp3) is 0.875. The molecule has 1 unspecified atom stereocenters. The van der Waals surface area contributed by atoms with Crippen molar-refractivity contribution in [1.29, 1.82) is 0 Å². The van der Waals surface area contributed by atoms with Crippen LogP contribution in [-0.4, -0.2) is 34.9 Å². The first kappa shape index (κ1) is 9.48. The second-order valence-corrected chi connectivity index (χ2v) is 3.22. The summed E-state index contributed by atoms with van der Waals surface area (Å²) in [6.45, 7) is 0.0315. The Morgan fingerprint density at radius 2 is 2.08 bits per heavy atom. The van der Waals surface area contributed by atoms with Crippen molar-refractivity contribution < 1.29 is 15.0 Å². The van der Waals surface area contributed by atoms with Gasteiger partial charge in [-0.15, -0.1) is 0 Å². The van der Waals surface area contributed by atoms with Crippen LogP contribution in [0.2, 0.25) is 0 Å². The highest BCUT2D eigenvalue weighted by atomic mass is 16.4. The zero-order valence-corrected chi connectivity index (χ0v) is 6.99. The minimum atomic E-state index is -0.810. The first-order chi connectivity index (χ1) is 5.74. The van der Waals surface area contributed by atoms with Crippen LogP contribution in [0.5, 0.6) is 0 Å². The van der Waals surface area contributed by atoms with Gasteiger partial charge in [0.25, 0.3) is 0 Å². The maximum Gasteiger partial charge on any atom is 0.320 e. The third-order valence-electron chi connectivity index (χ3n) is 2.25. The van der Waals surface area contributed by atoms with Gasteiger partial charge in [-0.25, -0.2) is 0 Å². The number of hydrogen-bond acceptors (Lipinski definition) is 3. The van der Waals surface area contributed by atoms with Gasteiger partial charge >= 0.3 is 5.97 Å². The van der Waals surface area contributed by atoms with E-state index in [9.17, 15) is 4.79 Å². The molecule has 0 aromatic heterocycles. The van der Waals surface area contributed by atoms with E-state index >= 15 is 0 Å². The quantitative estimate of drug-likeness (QED) is 0.548. The van der Waals surface area contributed by atoms with Crippen molar-refractivity contribution in [3.63, 3.8) is 0 Å². The fourth-order valence-electron chi connectivity index (χ4n) is 1.53. The highest BCUT2D eigenvalue weighted by Gasteiger charge is 2.23. The second-order valence-electron chi connectivity index (χ2n) is 3.22. The van der Waals surface area contributed by atoms with Crippen molar-refractivity contribution in [2.45, 2.75) is 37.8 Å². The smallest absolute Gasteiger partial charge is 0.320 e. The summed E-state index contributed by atoms with van der Waals surface area (Å²) in [7, 11) is 0. The Balaban J connectivity index is 2.47. The van der Waals surface area contributed by atoms with Crippen LogP contribution in [0.3, 0.4) is 0 Å². The van der Waals surface area contributed by atoms with Crippen LogP contribution < -0.4 is 5.32 Å². The van der Waals surface area contributed by atoms with Crippen LogP contribution in [0.4, 0.5) is 0 Å². The Morgan fingerprint density at radius 1 is 1.42 bits per heavy atom. The van der Waals surface area contributed by atoms with Crippen molar-refractivity contribution in [3.8, 4) is 0 Å². The number of rotatable bonds is 2. The first-order valence-corrected chi connectivity index (χ1v) is 4.33. The molecule has 1 aliphatic heterocycles. The molecule has 70 valence electrons. The average Bonchev–Trinajstić information content (AvgIpc) is 2.28. The van der Waals surface area contributed by atoms with Crippen LogP contribution in [0.15, 0.2) is 0 Å². The highest BCUT2D eigenvalue weighted by Crippen LogP contribution is 2.12. The molecule has 4 nitrogen and oxygen atoms in total. The fourth-order valence-corrected chi connectivity index (χ4v) is 1.53. The number of carbonyl (C=O) groups is 1. The number of aliphatic carboxylic acids is 1. The average molecular weight is 173 g/mol. The summed E-state index contributed by atoms with van der Waals surface area (Å²) in [6.07, 6.45) is 3.48. The predicted octanol–water partition coefficient (Wildman–Crippen LogP) is -0.0359. The molecule has 0 bridgehead atoms. The summed E-state index contributed by atoms with van der Waals surface area (Å²) in [5, 5.41) is 20.5. The van der Waals surface area contributed by atoms with E-state index in [2.05, 4.69) is 5.32 Å². The van der Waals surface area contributed by atoms with Crippen molar-refractivity contribution >= 4 is 5.97 Å². The molecule has 3 N–H and O–H groups in total. The maximum atomic E-state index is 10.6. The van der Waals surface area contributed by atoms with Gasteiger partial charge in [0.2, 0.25) is 0 Å². The van der Waals surface area contributed by atoms with Gasteiger partial charge in [-0.05, 0) is 12.8 Å². The molecule has 0 radical (unpaired) electrons. The molecule has 0 saturated carbocycles. The molecule has 0 spiro atoms. The molecule has 2 atom stereocenters. The van der Waals surface area contributed by atoms with Crippen LogP contribution in [0.1, 0.15) is 25.7 Å². The second kappa shape index (κ2) is 4.42. The van der Waals surface area contributed by atoms with Gasteiger partial charge < -0.3 is 10.2 Å². The summed E-state index contributed by atoms with van der Waals surface area (Å²) in [5.41, 5.74) is 0. The van der Waals surface area contributed by atoms with E-state index in [-0.39, 0.29) is 12.6 Å². The topological polar surface area (TPSA) is 69.6 Å². The normalized spacial score (nSPS) is 31.1. The lowest BCUT2D eigenvalue weighted by molar-refractivity contribution is -0.139. The number of hydrogen-bond donors (Lipinski definition) is 3. The van der Waals surface area contributed by atoms with Crippen molar-refractivity contribution in [1.82, 2.24) is 5.32 Å². The molecule has 1 fully saturated rings. The Kier molecular flexibility index (Phi) is 3.49. The first-order valence-electron chi connectivity index (χ1n) is 4.33. The summed E-state index contributed by atoms with van der Waals surface area (Å²) in [4.78, 5) is 10.6. The van der Waals surface area contributed by atoms with E-state index < -0.39 is 12.0 Å². The summed E-state index contributed by atoms with van der Waals surface area (Å²) < 4.78 is 0. The van der Waals surface area contributed by atoms with Gasteiger partial charge in [0.1, 0.15) is 6.04 Å². The van der Waals surface area contributed by atoms with E-state index in [1.807, 2.05) is 0 Å². The molecule has 0 aromatic rings. The molecule has 1 rings (SSSR count). The summed E-state index contributed by atoms with van der Waals surface area (Å²) >= 11 is 0. The van der Waals surface area contributed by atoms with Gasteiger partial charge in [-0.3, -0.25) is 10.1 Å². The number of carboxylic acids is 1. The molecule has 12 heavy (non-hydrogen) atoms. The van der Waals surface area contributed by atoms with Gasteiger partial charge in [-0.2, -0.15) is 0 Å².